The van der Waals surface area contributed by atoms with Crippen molar-refractivity contribution in [3.63, 3.8) is 0 Å². The Labute approximate surface area is 107 Å². The van der Waals surface area contributed by atoms with Gasteiger partial charge in [0.2, 0.25) is 0 Å². The van der Waals surface area contributed by atoms with Crippen LogP contribution in [0.15, 0.2) is 47.5 Å². The largest absolute Gasteiger partial charge is 0.468 e. The molecule has 0 bridgehead atoms. The van der Waals surface area contributed by atoms with E-state index < -0.39 is 0 Å². The fourth-order valence-electron chi connectivity index (χ4n) is 2.84. The number of fused-ring (bicyclic) bond motifs is 7. The SMILES string of the molecule is c1cc2c(cn1)Cn1c-2c[n+]2c3cnccc3oc12. The Balaban J connectivity index is 1.93. The standard InChI is InChI=1S/C14H9N4O/c1-3-15-5-9-7-17-12(10(1)9)8-18-11-6-16-4-2-13(11)19-14(17)18/h1-6,8H,7H2/q+1. The number of rotatable bonds is 0. The molecule has 4 aromatic heterocycles. The highest BCUT2D eigenvalue weighted by atomic mass is 16.4. The van der Waals surface area contributed by atoms with Gasteiger partial charge in [-0.25, -0.2) is 0 Å². The van der Waals surface area contributed by atoms with E-state index in [9.17, 15) is 0 Å². The highest BCUT2D eigenvalue weighted by Gasteiger charge is 2.32. The van der Waals surface area contributed by atoms with E-state index in [1.165, 1.54) is 16.8 Å². The molecule has 5 nitrogen and oxygen atoms in total. The molecule has 19 heavy (non-hydrogen) atoms. The lowest BCUT2D eigenvalue weighted by Crippen LogP contribution is -2.16. The Morgan fingerprint density at radius 1 is 1.16 bits per heavy atom. The van der Waals surface area contributed by atoms with Gasteiger partial charge in [0.05, 0.1) is 6.20 Å². The minimum Gasteiger partial charge on any atom is -0.387 e. The van der Waals surface area contributed by atoms with Crippen molar-refractivity contribution in [2.45, 2.75) is 6.54 Å². The van der Waals surface area contributed by atoms with Crippen LogP contribution in [-0.4, -0.2) is 14.5 Å². The number of oxazole rings is 1. The first kappa shape index (κ1) is 9.27. The second-order valence-electron chi connectivity index (χ2n) is 4.73. The number of pyridine rings is 2. The summed E-state index contributed by atoms with van der Waals surface area (Å²) in [6, 6.07) is 3.94. The molecule has 0 unspecified atom stereocenters. The summed E-state index contributed by atoms with van der Waals surface area (Å²) in [6.45, 7) is 0.808. The van der Waals surface area contributed by atoms with E-state index in [0.29, 0.717) is 0 Å². The van der Waals surface area contributed by atoms with Crippen LogP contribution in [0.25, 0.3) is 28.2 Å². The molecule has 0 radical (unpaired) electrons. The Hall–Kier alpha value is -2.69. The van der Waals surface area contributed by atoms with Crippen molar-refractivity contribution in [3.05, 3.63) is 48.7 Å². The van der Waals surface area contributed by atoms with E-state index in [0.717, 1.165) is 23.5 Å². The monoisotopic (exact) mass is 249 g/mol. The van der Waals surface area contributed by atoms with Crippen LogP contribution in [0.1, 0.15) is 5.56 Å². The first-order chi connectivity index (χ1) is 9.42. The van der Waals surface area contributed by atoms with E-state index in [1.54, 1.807) is 6.20 Å². The summed E-state index contributed by atoms with van der Waals surface area (Å²) in [4.78, 5) is 8.34. The van der Waals surface area contributed by atoms with E-state index >= 15 is 0 Å². The second kappa shape index (κ2) is 3.00. The number of hydrogen-bond acceptors (Lipinski definition) is 3. The molecule has 1 aliphatic heterocycles. The predicted octanol–water partition coefficient (Wildman–Crippen LogP) is 1.79. The lowest BCUT2D eigenvalue weighted by molar-refractivity contribution is -0.484. The lowest BCUT2D eigenvalue weighted by atomic mass is 10.1. The van der Waals surface area contributed by atoms with E-state index in [1.807, 2.05) is 30.7 Å². The molecule has 0 aliphatic carbocycles. The zero-order valence-corrected chi connectivity index (χ0v) is 9.95. The van der Waals surface area contributed by atoms with Gasteiger partial charge < -0.3 is 4.42 Å². The van der Waals surface area contributed by atoms with Gasteiger partial charge in [-0.3, -0.25) is 9.97 Å². The van der Waals surface area contributed by atoms with Crippen molar-refractivity contribution in [2.75, 3.05) is 0 Å². The molecule has 0 atom stereocenters. The normalized spacial score (nSPS) is 13.1. The number of hydrogen-bond donors (Lipinski definition) is 0. The van der Waals surface area contributed by atoms with Gasteiger partial charge in [-0.05, 0) is 6.07 Å². The zero-order valence-electron chi connectivity index (χ0n) is 9.95. The first-order valence-corrected chi connectivity index (χ1v) is 6.12. The Kier molecular flexibility index (Phi) is 1.46. The molecule has 1 aliphatic rings. The van der Waals surface area contributed by atoms with Crippen LogP contribution in [0.2, 0.25) is 0 Å². The molecule has 5 heteroatoms. The minimum atomic E-state index is 0.808. The molecule has 0 amide bonds. The van der Waals surface area contributed by atoms with Crippen molar-refractivity contribution in [3.8, 4) is 11.3 Å². The lowest BCUT2D eigenvalue weighted by Gasteiger charge is -1.90. The van der Waals surface area contributed by atoms with Gasteiger partial charge >= 0.3 is 5.84 Å². The predicted molar refractivity (Wildman–Crippen MR) is 67.5 cm³/mol. The van der Waals surface area contributed by atoms with Gasteiger partial charge in [-0.1, -0.05) is 0 Å². The van der Waals surface area contributed by atoms with Gasteiger partial charge in [0.25, 0.3) is 0 Å². The third-order valence-corrected chi connectivity index (χ3v) is 3.71. The maximum Gasteiger partial charge on any atom is 0.468 e. The Bertz CT molecular complexity index is 951. The van der Waals surface area contributed by atoms with Crippen LogP contribution in [-0.2, 0) is 6.54 Å². The van der Waals surface area contributed by atoms with Gasteiger partial charge in [0.15, 0.2) is 16.8 Å². The average Bonchev–Trinajstić information content (AvgIpc) is 3.07. The molecule has 4 aromatic rings. The van der Waals surface area contributed by atoms with Crippen molar-refractivity contribution in [2.24, 2.45) is 0 Å². The molecule has 5 rings (SSSR count). The molecule has 90 valence electrons. The number of aromatic nitrogens is 4. The molecule has 0 N–H and O–H groups in total. The van der Waals surface area contributed by atoms with E-state index in [-0.39, 0.29) is 0 Å². The maximum atomic E-state index is 5.93. The second-order valence-corrected chi connectivity index (χ2v) is 4.73. The third kappa shape index (κ3) is 1.03. The van der Waals surface area contributed by atoms with Crippen LogP contribution in [0, 0.1) is 0 Å². The maximum absolute atomic E-state index is 5.93. The molecular weight excluding hydrogens is 240 g/mol. The average molecular weight is 249 g/mol. The number of imidazole rings is 1. The zero-order chi connectivity index (χ0) is 12.4. The van der Waals surface area contributed by atoms with Crippen molar-refractivity contribution in [1.82, 2.24) is 14.5 Å². The highest BCUT2D eigenvalue weighted by Crippen LogP contribution is 2.32. The Morgan fingerprint density at radius 3 is 3.05 bits per heavy atom. The minimum absolute atomic E-state index is 0.808. The smallest absolute Gasteiger partial charge is 0.387 e. The van der Waals surface area contributed by atoms with Gasteiger partial charge in [0.1, 0.15) is 12.7 Å². The first-order valence-electron chi connectivity index (χ1n) is 6.12. The summed E-state index contributed by atoms with van der Waals surface area (Å²) in [5.74, 6) is 0.842. The summed E-state index contributed by atoms with van der Waals surface area (Å²) in [7, 11) is 0. The molecular formula is C14H9N4O+. The van der Waals surface area contributed by atoms with Crippen LogP contribution in [0.3, 0.4) is 0 Å². The summed E-state index contributed by atoms with van der Waals surface area (Å²) in [5, 5.41) is 0. The topological polar surface area (TPSA) is 48.0 Å². The van der Waals surface area contributed by atoms with Gasteiger partial charge in [0, 0.05) is 35.8 Å². The summed E-state index contributed by atoms with van der Waals surface area (Å²) >= 11 is 0. The molecule has 0 aromatic carbocycles. The molecule has 5 heterocycles. The summed E-state index contributed by atoms with van der Waals surface area (Å²) in [5.41, 5.74) is 5.48. The van der Waals surface area contributed by atoms with Crippen LogP contribution >= 0.6 is 0 Å². The van der Waals surface area contributed by atoms with Crippen molar-refractivity contribution >= 4 is 16.9 Å². The van der Waals surface area contributed by atoms with E-state index in [2.05, 4.69) is 25.1 Å². The fourth-order valence-corrected chi connectivity index (χ4v) is 2.84. The van der Waals surface area contributed by atoms with Crippen molar-refractivity contribution < 1.29 is 8.82 Å². The fraction of sp³-hybridized carbons (Fsp3) is 0.0714. The van der Waals surface area contributed by atoms with E-state index in [4.69, 9.17) is 4.42 Å². The third-order valence-electron chi connectivity index (χ3n) is 3.71. The molecule has 0 spiro atoms. The summed E-state index contributed by atoms with van der Waals surface area (Å²) in [6.07, 6.45) is 9.43. The van der Waals surface area contributed by atoms with Crippen molar-refractivity contribution in [1.29, 1.82) is 0 Å². The molecule has 0 fully saturated rings. The Morgan fingerprint density at radius 2 is 2.05 bits per heavy atom. The molecule has 0 saturated heterocycles. The quantitative estimate of drug-likeness (QED) is 0.393. The highest BCUT2D eigenvalue weighted by molar-refractivity contribution is 5.73. The van der Waals surface area contributed by atoms with Crippen LogP contribution in [0.4, 0.5) is 0 Å². The van der Waals surface area contributed by atoms with Crippen LogP contribution in [0.5, 0.6) is 0 Å². The number of nitrogens with zero attached hydrogens (tertiary/aromatic N) is 4. The molecule has 0 saturated carbocycles. The van der Waals surface area contributed by atoms with Crippen LogP contribution < -0.4 is 4.40 Å². The van der Waals surface area contributed by atoms with Gasteiger partial charge in [-0.15, -0.1) is 0 Å². The van der Waals surface area contributed by atoms with Gasteiger partial charge in [-0.2, -0.15) is 8.97 Å². The summed E-state index contributed by atoms with van der Waals surface area (Å²) < 4.78 is 10.2.